The lowest BCUT2D eigenvalue weighted by Crippen LogP contribution is -2.46. The van der Waals surface area contributed by atoms with Crippen LogP contribution >= 0.6 is 12.4 Å². The van der Waals surface area contributed by atoms with Crippen LogP contribution in [0.15, 0.2) is 24.3 Å². The van der Waals surface area contributed by atoms with Crippen molar-refractivity contribution < 1.29 is 14.3 Å². The first-order valence-electron chi connectivity index (χ1n) is 8.41. The van der Waals surface area contributed by atoms with Crippen molar-refractivity contribution in [2.24, 2.45) is 0 Å². The van der Waals surface area contributed by atoms with E-state index >= 15 is 0 Å². The van der Waals surface area contributed by atoms with Crippen LogP contribution < -0.4 is 10.1 Å². The van der Waals surface area contributed by atoms with E-state index in [0.29, 0.717) is 12.6 Å². The number of rotatable bonds is 8. The number of ether oxygens (including phenoxy) is 2. The van der Waals surface area contributed by atoms with Crippen LogP contribution in [0, 0.1) is 0 Å². The zero-order valence-corrected chi connectivity index (χ0v) is 15.6. The van der Waals surface area contributed by atoms with Gasteiger partial charge in [0.15, 0.2) is 0 Å². The van der Waals surface area contributed by atoms with Gasteiger partial charge in [-0.1, -0.05) is 19.1 Å². The number of nitrogens with one attached hydrogen (secondary N) is 1. The van der Waals surface area contributed by atoms with E-state index in [1.165, 1.54) is 0 Å². The van der Waals surface area contributed by atoms with E-state index in [1.807, 2.05) is 36.1 Å². The van der Waals surface area contributed by atoms with Crippen LogP contribution in [0.5, 0.6) is 5.75 Å². The molecule has 0 bridgehead atoms. The predicted octanol–water partition coefficient (Wildman–Crippen LogP) is 2.62. The lowest BCUT2D eigenvalue weighted by molar-refractivity contribution is -0.145. The van der Waals surface area contributed by atoms with Gasteiger partial charge in [-0.2, -0.15) is 0 Å². The molecule has 6 heteroatoms. The zero-order chi connectivity index (χ0) is 16.7. The Hall–Kier alpha value is -1.30. The predicted molar refractivity (Wildman–Crippen MR) is 97.8 cm³/mol. The first-order chi connectivity index (χ1) is 11.2. The number of carbonyl (C=O) groups excluding carboxylic acids is 1. The monoisotopic (exact) mass is 356 g/mol. The van der Waals surface area contributed by atoms with E-state index in [4.69, 9.17) is 9.47 Å². The number of hydrogen-bond donors (Lipinski definition) is 1. The molecule has 5 nitrogen and oxygen atoms in total. The fourth-order valence-electron chi connectivity index (χ4n) is 2.91. The van der Waals surface area contributed by atoms with Gasteiger partial charge in [-0.05, 0) is 44.0 Å². The van der Waals surface area contributed by atoms with Crippen LogP contribution in [0.25, 0.3) is 0 Å². The molecule has 1 aliphatic heterocycles. The lowest BCUT2D eigenvalue weighted by Gasteiger charge is -2.30. The van der Waals surface area contributed by atoms with Gasteiger partial charge in [0.1, 0.15) is 11.9 Å². The van der Waals surface area contributed by atoms with Crippen LogP contribution in [-0.4, -0.2) is 49.7 Å². The van der Waals surface area contributed by atoms with Crippen LogP contribution in [0.4, 0.5) is 0 Å². The molecule has 1 fully saturated rings. The molecular formula is C18H29ClN2O3. The second kappa shape index (κ2) is 10.5. The lowest BCUT2D eigenvalue weighted by atomic mass is 10.2. The Kier molecular flexibility index (Phi) is 9.11. The summed E-state index contributed by atoms with van der Waals surface area (Å²) in [5, 5.41) is 3.33. The maximum atomic E-state index is 12.7. The first kappa shape index (κ1) is 20.7. The Morgan fingerprint density at radius 1 is 1.46 bits per heavy atom. The molecule has 24 heavy (non-hydrogen) atoms. The van der Waals surface area contributed by atoms with Crippen molar-refractivity contribution in [3.63, 3.8) is 0 Å². The number of methoxy groups -OCH3 is 1. The van der Waals surface area contributed by atoms with Crippen molar-refractivity contribution in [2.45, 2.75) is 45.4 Å². The summed E-state index contributed by atoms with van der Waals surface area (Å²) in [4.78, 5) is 14.7. The topological polar surface area (TPSA) is 50.8 Å². The molecule has 1 aromatic rings. The minimum Gasteiger partial charge on any atom is -0.497 e. The molecule has 136 valence electrons. The second-order valence-electron chi connectivity index (χ2n) is 5.98. The molecule has 2 atom stereocenters. The van der Waals surface area contributed by atoms with E-state index in [9.17, 15) is 4.79 Å². The molecule has 0 aromatic heterocycles. The summed E-state index contributed by atoms with van der Waals surface area (Å²) in [6.07, 6.45) is 1.55. The normalized spacial score (nSPS) is 17.9. The van der Waals surface area contributed by atoms with E-state index in [-0.39, 0.29) is 18.3 Å². The zero-order valence-electron chi connectivity index (χ0n) is 14.8. The molecule has 1 aliphatic rings. The van der Waals surface area contributed by atoms with Crippen LogP contribution in [0.3, 0.4) is 0 Å². The summed E-state index contributed by atoms with van der Waals surface area (Å²) >= 11 is 0. The highest BCUT2D eigenvalue weighted by Gasteiger charge is 2.29. The Bertz CT molecular complexity index is 507. The minimum absolute atomic E-state index is 0. The van der Waals surface area contributed by atoms with Gasteiger partial charge in [0.05, 0.1) is 13.7 Å². The molecule has 1 saturated heterocycles. The third-order valence-electron chi connectivity index (χ3n) is 4.20. The summed E-state index contributed by atoms with van der Waals surface area (Å²) in [6, 6.07) is 8.03. The van der Waals surface area contributed by atoms with Crippen molar-refractivity contribution >= 4 is 18.3 Å². The third-order valence-corrected chi connectivity index (χ3v) is 4.20. The Morgan fingerprint density at radius 3 is 2.88 bits per heavy atom. The van der Waals surface area contributed by atoms with E-state index in [2.05, 4.69) is 12.2 Å². The SMILES string of the molecule is CCCN(C(=O)C(C)OCc1cccc(OC)c1)C1CCNC1.Cl. The summed E-state index contributed by atoms with van der Waals surface area (Å²) in [5.41, 5.74) is 1.01. The maximum Gasteiger partial charge on any atom is 0.251 e. The van der Waals surface area contributed by atoms with Gasteiger partial charge >= 0.3 is 0 Å². The highest BCUT2D eigenvalue weighted by molar-refractivity contribution is 5.85. The molecule has 2 unspecified atom stereocenters. The summed E-state index contributed by atoms with van der Waals surface area (Å²) < 4.78 is 11.0. The summed E-state index contributed by atoms with van der Waals surface area (Å²) in [6.45, 7) is 7.01. The van der Waals surface area contributed by atoms with Crippen molar-refractivity contribution in [1.29, 1.82) is 0 Å². The number of benzene rings is 1. The fraction of sp³-hybridized carbons (Fsp3) is 0.611. The van der Waals surface area contributed by atoms with Gasteiger partial charge < -0.3 is 19.7 Å². The molecule has 1 amide bonds. The molecule has 1 heterocycles. The number of halogens is 1. The Labute approximate surface area is 151 Å². The number of hydrogen-bond acceptors (Lipinski definition) is 4. The molecule has 0 spiro atoms. The van der Waals surface area contributed by atoms with Crippen molar-refractivity contribution in [1.82, 2.24) is 10.2 Å². The molecule has 0 radical (unpaired) electrons. The molecular weight excluding hydrogens is 328 g/mol. The van der Waals surface area contributed by atoms with Gasteiger partial charge in [0.25, 0.3) is 5.91 Å². The van der Waals surface area contributed by atoms with Crippen LogP contribution in [0.1, 0.15) is 32.3 Å². The van der Waals surface area contributed by atoms with E-state index < -0.39 is 6.10 Å². The van der Waals surface area contributed by atoms with Crippen molar-refractivity contribution in [3.8, 4) is 5.75 Å². The quantitative estimate of drug-likeness (QED) is 0.778. The number of amides is 1. The van der Waals surface area contributed by atoms with Gasteiger partial charge in [0.2, 0.25) is 0 Å². The highest BCUT2D eigenvalue weighted by Crippen LogP contribution is 2.16. The fourth-order valence-corrected chi connectivity index (χ4v) is 2.91. The molecule has 0 aliphatic carbocycles. The van der Waals surface area contributed by atoms with Gasteiger partial charge in [-0.15, -0.1) is 12.4 Å². The maximum absolute atomic E-state index is 12.7. The second-order valence-corrected chi connectivity index (χ2v) is 5.98. The van der Waals surface area contributed by atoms with Gasteiger partial charge in [0, 0.05) is 19.1 Å². The smallest absolute Gasteiger partial charge is 0.251 e. The minimum atomic E-state index is -0.437. The average molecular weight is 357 g/mol. The molecule has 1 N–H and O–H groups in total. The van der Waals surface area contributed by atoms with Gasteiger partial charge in [-0.3, -0.25) is 4.79 Å². The number of carbonyl (C=O) groups is 1. The van der Waals surface area contributed by atoms with Crippen molar-refractivity contribution in [2.75, 3.05) is 26.7 Å². The first-order valence-corrected chi connectivity index (χ1v) is 8.41. The van der Waals surface area contributed by atoms with Gasteiger partial charge in [-0.25, -0.2) is 0 Å². The Balaban J connectivity index is 0.00000288. The number of nitrogens with zero attached hydrogens (tertiary/aromatic N) is 1. The molecule has 0 saturated carbocycles. The third kappa shape index (κ3) is 5.65. The largest absolute Gasteiger partial charge is 0.497 e. The van der Waals surface area contributed by atoms with E-state index in [0.717, 1.165) is 43.8 Å². The van der Waals surface area contributed by atoms with Crippen molar-refractivity contribution in [3.05, 3.63) is 29.8 Å². The summed E-state index contributed by atoms with van der Waals surface area (Å²) in [7, 11) is 1.64. The molecule has 1 aromatic carbocycles. The molecule has 2 rings (SSSR count). The highest BCUT2D eigenvalue weighted by atomic mass is 35.5. The van der Waals surface area contributed by atoms with Crippen LogP contribution in [0.2, 0.25) is 0 Å². The Morgan fingerprint density at radius 2 is 2.25 bits per heavy atom. The van der Waals surface area contributed by atoms with Crippen LogP contribution in [-0.2, 0) is 16.1 Å². The standard InChI is InChI=1S/C18H28N2O3.ClH/c1-4-10-20(16-8-9-19-12-16)18(21)14(2)23-13-15-6-5-7-17(11-15)22-3;/h5-7,11,14,16,19H,4,8-10,12-13H2,1-3H3;1H. The summed E-state index contributed by atoms with van der Waals surface area (Å²) in [5.74, 6) is 0.887. The average Bonchev–Trinajstić information content (AvgIpc) is 3.11. The van der Waals surface area contributed by atoms with E-state index in [1.54, 1.807) is 7.11 Å².